The van der Waals surface area contributed by atoms with Gasteiger partial charge in [0.05, 0.1) is 222 Å². The lowest BCUT2D eigenvalue weighted by Crippen LogP contribution is -3.00. The van der Waals surface area contributed by atoms with Gasteiger partial charge in [-0.2, -0.15) is 0 Å². The Hall–Kier alpha value is -3.50. The standard InChI is InChI=1S/C130H198N8.8BrH/c1-131(2,3)89-53-33-25-45-81-127(82-46-26-34-54-90-132(4,5)6)119-63-43-41-61-111(119)113-77-71-107(99-121(113)127)109-73-79-117-115-75-69-105(97-123(115)129(125(117)101-109,85-49-29-37-57-93-135(13,14)15)86-50-30-38-58-94-136(16,17)18)103-65-67-104(68-66-103)106-70-76-116-118-80-74-110(102-126(118)130(124(116)98-106,87-51-31-39-59-95-137(19,20)21)88-52-32-40-60-96-138(22,23)24)108-72-78-114-112-62-42-44-64-120(112)128(122(114)100-108,83-47-27-35-55-91-133(7,8)9)84-48-28-36-56-92-134(10,11)12;;;;;;;;/h41-44,61-80,97-102H,25-40,45-60,81-96H2,1-24H3;8*1H/q+8;;;;;;;;/p-4. The van der Waals surface area contributed by atoms with Crippen molar-refractivity contribution in [2.45, 2.75) is 278 Å². The Morgan fingerprint density at radius 3 is 0.418 bits per heavy atom. The molecule has 0 fully saturated rings. The smallest absolute Gasteiger partial charge is 0.0780 e. The minimum atomic E-state index is -0.118. The van der Waals surface area contributed by atoms with E-state index >= 15 is 0 Å². The Balaban J connectivity index is 0.00000469. The highest BCUT2D eigenvalue weighted by Crippen LogP contribution is 2.62. The third-order valence-electron chi connectivity index (χ3n) is 32.9. The Morgan fingerprint density at radius 2 is 0.260 bits per heavy atom. The molecule has 4 aliphatic carbocycles. The molecule has 4 aliphatic rings. The first-order chi connectivity index (χ1) is 65.4. The van der Waals surface area contributed by atoms with Gasteiger partial charge in [0, 0.05) is 21.7 Å². The van der Waals surface area contributed by atoms with Gasteiger partial charge >= 0.3 is 0 Å². The van der Waals surface area contributed by atoms with Crippen LogP contribution in [0.25, 0.3) is 89.0 Å². The Labute approximate surface area is 977 Å². The zero-order chi connectivity index (χ0) is 99.0. The summed E-state index contributed by atoms with van der Waals surface area (Å²) in [5.74, 6) is 0. The number of fused-ring (bicyclic) bond motifs is 12. The van der Waals surface area contributed by atoms with Crippen LogP contribution in [0.5, 0.6) is 0 Å². The van der Waals surface area contributed by atoms with Gasteiger partial charge in [-0.3, -0.25) is 0 Å². The average molecular weight is 2520 g/mol. The maximum absolute atomic E-state index is 2.76. The summed E-state index contributed by atoms with van der Waals surface area (Å²) in [7, 11) is 56.8. The fourth-order valence-corrected chi connectivity index (χ4v) is 25.4. The first-order valence-corrected chi connectivity index (χ1v) is 56.0. The number of hydrogen-bond donors (Lipinski definition) is 0. The quantitative estimate of drug-likeness (QED) is 0.0263. The second-order valence-corrected chi connectivity index (χ2v) is 53.0. The van der Waals surface area contributed by atoms with Crippen LogP contribution < -0.4 is 67.9 Å². The van der Waals surface area contributed by atoms with E-state index in [1.54, 1.807) is 44.5 Å². The summed E-state index contributed by atoms with van der Waals surface area (Å²) in [6, 6.07) is 76.5. The molecule has 13 rings (SSSR count). The third kappa shape index (κ3) is 36.3. The van der Waals surface area contributed by atoms with Gasteiger partial charge in [-0.1, -0.05) is 248 Å². The average Bonchev–Trinajstić information content (AvgIpc) is 1.55. The molecule has 146 heavy (non-hydrogen) atoms. The van der Waals surface area contributed by atoms with Crippen molar-refractivity contribution >= 4 is 67.9 Å². The van der Waals surface area contributed by atoms with E-state index in [9.17, 15) is 0 Å². The Kier molecular flexibility index (Phi) is 53.3. The normalized spacial score (nSPS) is 14.3. The molecular formula is C130H202Br8N8+4. The van der Waals surface area contributed by atoms with Gasteiger partial charge in [-0.15, -0.1) is 67.9 Å². The van der Waals surface area contributed by atoms with Crippen LogP contribution in [0, 0.1) is 0 Å². The fraction of sp³-hybridized carbons (Fsp3) is 0.585. The van der Waals surface area contributed by atoms with Crippen LogP contribution >= 0.6 is 67.9 Å². The summed E-state index contributed by atoms with van der Waals surface area (Å²) in [5, 5.41) is 0. The monoisotopic (exact) mass is 2510 g/mol. The lowest BCUT2D eigenvalue weighted by Gasteiger charge is -2.34. The molecule has 0 unspecified atom stereocenters. The molecule has 814 valence electrons. The second kappa shape index (κ2) is 58.5. The van der Waals surface area contributed by atoms with Crippen molar-refractivity contribution in [1.29, 1.82) is 0 Å². The van der Waals surface area contributed by atoms with E-state index < -0.39 is 0 Å². The number of halogens is 8. The molecule has 0 heterocycles. The van der Waals surface area contributed by atoms with Crippen molar-refractivity contribution < 1.29 is 104 Å². The van der Waals surface area contributed by atoms with Crippen molar-refractivity contribution in [2.24, 2.45) is 0 Å². The van der Waals surface area contributed by atoms with E-state index in [-0.39, 0.29) is 158 Å². The maximum atomic E-state index is 2.76. The van der Waals surface area contributed by atoms with E-state index in [1.807, 2.05) is 0 Å². The number of hydrogen-bond acceptors (Lipinski definition) is 0. The lowest BCUT2D eigenvalue weighted by molar-refractivity contribution is -0.870. The van der Waals surface area contributed by atoms with Crippen LogP contribution in [-0.2, 0) is 21.7 Å². The molecule has 0 amide bonds. The minimum Gasteiger partial charge on any atom is -1.00 e. The van der Waals surface area contributed by atoms with E-state index in [1.165, 1.54) is 398 Å². The summed E-state index contributed by atoms with van der Waals surface area (Å²) in [5.41, 5.74) is 35.2. The van der Waals surface area contributed by atoms with Gasteiger partial charge < -0.3 is 104 Å². The van der Waals surface area contributed by atoms with Crippen molar-refractivity contribution in [2.75, 3.05) is 222 Å². The molecule has 0 atom stereocenters. The molecule has 0 N–H and O–H groups in total. The summed E-state index contributed by atoms with van der Waals surface area (Å²) < 4.78 is 8.28. The van der Waals surface area contributed by atoms with Crippen LogP contribution in [0.15, 0.2) is 182 Å². The first kappa shape index (κ1) is 133. The molecule has 0 saturated heterocycles. The summed E-state index contributed by atoms with van der Waals surface area (Å²) in [6.45, 7) is 9.84. The van der Waals surface area contributed by atoms with Crippen LogP contribution in [0.1, 0.15) is 301 Å². The molecule has 0 spiro atoms. The summed E-state index contributed by atoms with van der Waals surface area (Å²) in [6.07, 6.45) is 50.4. The van der Waals surface area contributed by atoms with Gasteiger partial charge in [0.15, 0.2) is 0 Å². The van der Waals surface area contributed by atoms with Gasteiger partial charge in [0.1, 0.15) is 0 Å². The molecule has 0 saturated carbocycles. The molecule has 9 aromatic rings. The fourth-order valence-electron chi connectivity index (χ4n) is 25.4. The van der Waals surface area contributed by atoms with Gasteiger partial charge in [-0.25, -0.2) is 0 Å². The predicted octanol–water partition coefficient (Wildman–Crippen LogP) is 21.0. The molecule has 0 aromatic heterocycles. The van der Waals surface area contributed by atoms with Crippen LogP contribution in [0.4, 0.5) is 0 Å². The Bertz CT molecular complexity index is 4990. The third-order valence-corrected chi connectivity index (χ3v) is 32.9. The molecular weight excluding hydrogens is 2310 g/mol. The minimum absolute atomic E-state index is 0. The largest absolute Gasteiger partial charge is 1.00 e. The van der Waals surface area contributed by atoms with Crippen molar-refractivity contribution in [3.05, 3.63) is 226 Å². The highest BCUT2D eigenvalue weighted by Gasteiger charge is 2.48. The number of nitrogens with zero attached hydrogens (tertiary/aromatic N) is 8. The van der Waals surface area contributed by atoms with Crippen molar-refractivity contribution in [3.63, 3.8) is 0 Å². The Morgan fingerprint density at radius 1 is 0.137 bits per heavy atom. The number of rotatable bonds is 60. The highest BCUT2D eigenvalue weighted by molar-refractivity contribution is 8.93. The zero-order valence-electron chi connectivity index (χ0n) is 96.0. The van der Waals surface area contributed by atoms with Gasteiger partial charge in [0.2, 0.25) is 0 Å². The molecule has 0 aliphatic heterocycles. The SMILES string of the molecule is Br.Br.Br.Br.C[N+](C)(C)CCCCCCC1(CCCCCC[N+](C)(C)C)c2ccccc2-c2ccc(-c3ccc4c(c3)C(CCCCCC[N+](C)(C)C)(CCCCCC[N+](C)(C)C)c3cc(-c5ccc(-c6ccc7c(c6)C(CCCCCC[N+](C)(C)C)(CCCCCC[N+](C)(C)C)c6cc(-c8ccc9c(c8)C(CCCCCC[N+](C)(C)C)(CCCCCC[N+](C)(C)C)c8ccccc8-9)ccc6-7)cc5)ccc3-4)cc21.[Br-].[Br-].[Br-].[Br-]. The number of unbranched alkanes of at least 4 members (excludes halogenated alkanes) is 24. The topological polar surface area (TPSA) is 0 Å². The molecule has 0 bridgehead atoms. The van der Waals surface area contributed by atoms with Crippen molar-refractivity contribution in [1.82, 2.24) is 0 Å². The van der Waals surface area contributed by atoms with Crippen LogP contribution in [-0.4, -0.2) is 257 Å². The van der Waals surface area contributed by atoms with Gasteiger partial charge in [-0.05, 0) is 324 Å². The second-order valence-electron chi connectivity index (χ2n) is 53.0. The van der Waals surface area contributed by atoms with Gasteiger partial charge in [0.25, 0.3) is 0 Å². The van der Waals surface area contributed by atoms with Crippen LogP contribution in [0.2, 0.25) is 0 Å². The van der Waals surface area contributed by atoms with E-state index in [4.69, 9.17) is 0 Å². The first-order valence-electron chi connectivity index (χ1n) is 56.0. The van der Waals surface area contributed by atoms with Crippen LogP contribution in [0.3, 0.4) is 0 Å². The van der Waals surface area contributed by atoms with E-state index in [0.29, 0.717) is 0 Å². The molecule has 8 nitrogen and oxygen atoms in total. The molecule has 16 heteroatoms. The zero-order valence-corrected chi connectivity index (χ0v) is 109. The molecule has 0 radical (unpaired) electrons. The number of benzene rings is 9. The highest BCUT2D eigenvalue weighted by atomic mass is 79.9. The summed E-state index contributed by atoms with van der Waals surface area (Å²) >= 11 is 0. The summed E-state index contributed by atoms with van der Waals surface area (Å²) in [4.78, 5) is 0. The van der Waals surface area contributed by atoms with Crippen molar-refractivity contribution in [3.8, 4) is 89.0 Å². The van der Waals surface area contributed by atoms with E-state index in [2.05, 4.69) is 351 Å². The predicted molar refractivity (Wildman–Crippen MR) is 642 cm³/mol. The maximum Gasteiger partial charge on any atom is 0.0780 e. The lowest BCUT2D eigenvalue weighted by atomic mass is 9.69. The molecule has 9 aromatic carbocycles. The van der Waals surface area contributed by atoms with E-state index in [0.717, 1.165) is 35.9 Å². The number of quaternary nitrogens is 8.